The second-order valence-corrected chi connectivity index (χ2v) is 5.89. The molecule has 3 N–H and O–H groups in total. The molecule has 1 amide bonds. The number of nitrogens with two attached hydrogens (primary N) is 1. The summed E-state index contributed by atoms with van der Waals surface area (Å²) in [6.45, 7) is 3.86. The molecule has 2 unspecified atom stereocenters. The van der Waals surface area contributed by atoms with Crippen molar-refractivity contribution < 1.29 is 9.53 Å². The molecule has 5 nitrogen and oxygen atoms in total. The molecule has 0 bridgehead atoms. The molecule has 2 atom stereocenters. The van der Waals surface area contributed by atoms with E-state index >= 15 is 0 Å². The maximum atomic E-state index is 12.2. The summed E-state index contributed by atoms with van der Waals surface area (Å²) >= 11 is 4.96. The van der Waals surface area contributed by atoms with E-state index in [0.29, 0.717) is 24.2 Å². The molecule has 0 aromatic rings. The Bertz CT molecular complexity index is 345. The van der Waals surface area contributed by atoms with E-state index in [9.17, 15) is 4.79 Å². The summed E-state index contributed by atoms with van der Waals surface area (Å²) in [7, 11) is 0. The topological polar surface area (TPSA) is 67.6 Å². The first-order chi connectivity index (χ1) is 9.08. The Hall–Kier alpha value is -0.720. The molecule has 1 saturated heterocycles. The van der Waals surface area contributed by atoms with Crippen LogP contribution < -0.4 is 11.1 Å². The van der Waals surface area contributed by atoms with Crippen molar-refractivity contribution in [1.29, 1.82) is 0 Å². The number of carbonyl (C=O) groups is 1. The van der Waals surface area contributed by atoms with Gasteiger partial charge in [0, 0.05) is 19.1 Å². The highest BCUT2D eigenvalue weighted by Gasteiger charge is 2.30. The third kappa shape index (κ3) is 3.87. The van der Waals surface area contributed by atoms with Crippen molar-refractivity contribution >= 4 is 23.1 Å². The molecule has 1 heterocycles. The van der Waals surface area contributed by atoms with Gasteiger partial charge >= 0.3 is 0 Å². The minimum atomic E-state index is -0.231. The van der Waals surface area contributed by atoms with Crippen molar-refractivity contribution in [3.8, 4) is 0 Å². The van der Waals surface area contributed by atoms with Crippen LogP contribution >= 0.6 is 12.2 Å². The SMILES string of the molecule is CC(C(=O)NC1CCCC1)N1CCOC(C(N)=S)C1. The Morgan fingerprint density at radius 3 is 2.79 bits per heavy atom. The summed E-state index contributed by atoms with van der Waals surface area (Å²) in [6, 6.07) is 0.212. The van der Waals surface area contributed by atoms with Crippen LogP contribution in [0.1, 0.15) is 32.6 Å². The Morgan fingerprint density at radius 2 is 2.16 bits per heavy atom. The maximum Gasteiger partial charge on any atom is 0.237 e. The summed E-state index contributed by atoms with van der Waals surface area (Å²) in [5, 5.41) is 3.13. The number of hydrogen-bond donors (Lipinski definition) is 2. The average Bonchev–Trinajstić information content (AvgIpc) is 2.90. The number of rotatable bonds is 4. The van der Waals surface area contributed by atoms with Crippen LogP contribution in [0.3, 0.4) is 0 Å². The first-order valence-corrected chi connectivity index (χ1v) is 7.44. The lowest BCUT2D eigenvalue weighted by atomic mass is 10.1. The third-order valence-corrected chi connectivity index (χ3v) is 4.31. The van der Waals surface area contributed by atoms with E-state index in [1.54, 1.807) is 0 Å². The van der Waals surface area contributed by atoms with Gasteiger partial charge < -0.3 is 15.8 Å². The summed E-state index contributed by atoms with van der Waals surface area (Å²) in [5.74, 6) is 0.107. The number of nitrogens with zero attached hydrogens (tertiary/aromatic N) is 1. The van der Waals surface area contributed by atoms with Gasteiger partial charge in [0.05, 0.1) is 12.6 Å². The summed E-state index contributed by atoms with van der Waals surface area (Å²) in [5.41, 5.74) is 5.62. The Morgan fingerprint density at radius 1 is 1.47 bits per heavy atom. The van der Waals surface area contributed by atoms with Crippen LogP contribution in [-0.4, -0.2) is 53.7 Å². The molecular formula is C13H23N3O2S. The molecule has 1 aliphatic carbocycles. The van der Waals surface area contributed by atoms with E-state index < -0.39 is 0 Å². The number of nitrogens with one attached hydrogen (secondary N) is 1. The predicted octanol–water partition coefficient (Wildman–Crippen LogP) is 0.421. The highest BCUT2D eigenvalue weighted by Crippen LogP contribution is 2.18. The maximum absolute atomic E-state index is 12.2. The molecule has 19 heavy (non-hydrogen) atoms. The average molecular weight is 285 g/mol. The van der Waals surface area contributed by atoms with Crippen molar-refractivity contribution in [2.45, 2.75) is 50.8 Å². The van der Waals surface area contributed by atoms with Gasteiger partial charge in [-0.2, -0.15) is 0 Å². The highest BCUT2D eigenvalue weighted by atomic mass is 32.1. The zero-order valence-corrected chi connectivity index (χ0v) is 12.2. The standard InChI is InChI=1S/C13H23N3O2S/c1-9(13(17)15-10-4-2-3-5-10)16-6-7-18-11(8-16)12(14)19/h9-11H,2-8H2,1H3,(H2,14,19)(H,15,17). The van der Waals surface area contributed by atoms with Crippen LogP contribution in [0.25, 0.3) is 0 Å². The van der Waals surface area contributed by atoms with Gasteiger partial charge in [0.25, 0.3) is 0 Å². The normalized spacial score (nSPS) is 27.1. The van der Waals surface area contributed by atoms with Crippen LogP contribution in [0, 0.1) is 0 Å². The van der Waals surface area contributed by atoms with E-state index in [4.69, 9.17) is 22.7 Å². The van der Waals surface area contributed by atoms with Crippen molar-refractivity contribution in [2.75, 3.05) is 19.7 Å². The second-order valence-electron chi connectivity index (χ2n) is 5.42. The number of thiocarbonyl (C=S) groups is 1. The predicted molar refractivity (Wildman–Crippen MR) is 78.0 cm³/mol. The Kier molecular flexibility index (Phi) is 5.13. The molecule has 0 aromatic carbocycles. The molecule has 0 radical (unpaired) electrons. The van der Waals surface area contributed by atoms with Crippen molar-refractivity contribution in [1.82, 2.24) is 10.2 Å². The lowest BCUT2D eigenvalue weighted by molar-refractivity contribution is -0.128. The van der Waals surface area contributed by atoms with E-state index in [1.807, 2.05) is 6.92 Å². The lowest BCUT2D eigenvalue weighted by Crippen LogP contribution is -2.55. The molecule has 2 aliphatic rings. The van der Waals surface area contributed by atoms with Gasteiger partial charge in [-0.05, 0) is 19.8 Å². The number of amides is 1. The van der Waals surface area contributed by atoms with Gasteiger partial charge in [-0.3, -0.25) is 9.69 Å². The second kappa shape index (κ2) is 6.63. The zero-order valence-electron chi connectivity index (χ0n) is 11.4. The van der Waals surface area contributed by atoms with E-state index in [-0.39, 0.29) is 18.1 Å². The minimum Gasteiger partial charge on any atom is -0.391 e. The number of morpholine rings is 1. The molecule has 0 aromatic heterocycles. The van der Waals surface area contributed by atoms with Crippen LogP contribution in [0.4, 0.5) is 0 Å². The molecule has 2 rings (SSSR count). The molecule has 2 fully saturated rings. The quantitative estimate of drug-likeness (QED) is 0.733. The number of hydrogen-bond acceptors (Lipinski definition) is 4. The monoisotopic (exact) mass is 285 g/mol. The van der Waals surface area contributed by atoms with Crippen molar-refractivity contribution in [2.24, 2.45) is 5.73 Å². The van der Waals surface area contributed by atoms with E-state index in [2.05, 4.69) is 10.2 Å². The molecule has 108 valence electrons. The lowest BCUT2D eigenvalue weighted by Gasteiger charge is -2.36. The van der Waals surface area contributed by atoms with E-state index in [1.165, 1.54) is 12.8 Å². The van der Waals surface area contributed by atoms with E-state index in [0.717, 1.165) is 19.4 Å². The van der Waals surface area contributed by atoms with Crippen molar-refractivity contribution in [3.63, 3.8) is 0 Å². The van der Waals surface area contributed by atoms with Crippen molar-refractivity contribution in [3.05, 3.63) is 0 Å². The number of carbonyl (C=O) groups excluding carboxylic acids is 1. The molecule has 0 spiro atoms. The molecule has 1 aliphatic heterocycles. The fourth-order valence-electron chi connectivity index (χ4n) is 2.75. The first-order valence-electron chi connectivity index (χ1n) is 7.03. The Labute approximate surface area is 119 Å². The molecule has 1 saturated carbocycles. The number of ether oxygens (including phenoxy) is 1. The Balaban J connectivity index is 1.85. The van der Waals surface area contributed by atoms with Crippen LogP contribution in [0.5, 0.6) is 0 Å². The smallest absolute Gasteiger partial charge is 0.237 e. The van der Waals surface area contributed by atoms with Gasteiger partial charge in [-0.15, -0.1) is 0 Å². The summed E-state index contributed by atoms with van der Waals surface area (Å²) in [4.78, 5) is 14.7. The third-order valence-electron chi connectivity index (χ3n) is 4.04. The molecular weight excluding hydrogens is 262 g/mol. The van der Waals surface area contributed by atoms with Gasteiger partial charge in [-0.1, -0.05) is 25.1 Å². The van der Waals surface area contributed by atoms with Crippen LogP contribution in [0.15, 0.2) is 0 Å². The fourth-order valence-corrected chi connectivity index (χ4v) is 2.89. The summed E-state index contributed by atoms with van der Waals surface area (Å²) < 4.78 is 5.49. The zero-order chi connectivity index (χ0) is 13.8. The fraction of sp³-hybridized carbons (Fsp3) is 0.846. The van der Waals surface area contributed by atoms with Crippen LogP contribution in [-0.2, 0) is 9.53 Å². The highest BCUT2D eigenvalue weighted by molar-refractivity contribution is 7.80. The first kappa shape index (κ1) is 14.7. The molecule has 6 heteroatoms. The van der Waals surface area contributed by atoms with Gasteiger partial charge in [0.1, 0.15) is 11.1 Å². The largest absolute Gasteiger partial charge is 0.391 e. The van der Waals surface area contributed by atoms with Crippen LogP contribution in [0.2, 0.25) is 0 Å². The van der Waals surface area contributed by atoms with Gasteiger partial charge in [0.2, 0.25) is 5.91 Å². The summed E-state index contributed by atoms with van der Waals surface area (Å²) in [6.07, 6.45) is 4.43. The van der Waals surface area contributed by atoms with Gasteiger partial charge in [-0.25, -0.2) is 0 Å². The minimum absolute atomic E-state index is 0.107. The van der Waals surface area contributed by atoms with Gasteiger partial charge in [0.15, 0.2) is 0 Å².